The van der Waals surface area contributed by atoms with Gasteiger partial charge in [-0.1, -0.05) is 11.8 Å². The Morgan fingerprint density at radius 2 is 2.11 bits per heavy atom. The number of alkyl halides is 1. The average molecular weight is 529 g/mol. The molecular weight excluding hydrogens is 491 g/mol. The number of imidazole rings is 1. The number of hydrogen-bond donors (Lipinski definition) is 1. The van der Waals surface area contributed by atoms with Gasteiger partial charge in [0, 0.05) is 49.7 Å². The summed E-state index contributed by atoms with van der Waals surface area (Å²) in [5.41, 5.74) is 1.41. The molecule has 3 aromatic rings. The molecule has 1 unspecified atom stereocenters. The first-order chi connectivity index (χ1) is 17.9. The Balaban J connectivity index is 1.32. The predicted octanol–water partition coefficient (Wildman–Crippen LogP) is 5.75. The molecule has 1 aromatic carbocycles. The van der Waals surface area contributed by atoms with E-state index < -0.39 is 12.1 Å². The van der Waals surface area contributed by atoms with Crippen molar-refractivity contribution < 1.29 is 19.0 Å². The molecule has 7 nitrogen and oxygen atoms in total. The van der Waals surface area contributed by atoms with E-state index in [1.165, 1.54) is 0 Å². The summed E-state index contributed by atoms with van der Waals surface area (Å²) >= 11 is 1.76. The van der Waals surface area contributed by atoms with Crippen LogP contribution < -0.4 is 4.74 Å². The molecule has 1 aliphatic heterocycles. The highest BCUT2D eigenvalue weighted by molar-refractivity contribution is 7.99. The van der Waals surface area contributed by atoms with Crippen molar-refractivity contribution in [2.24, 2.45) is 18.9 Å². The quantitative estimate of drug-likeness (QED) is 0.223. The SMILES string of the molecule is COc1ccc2nccc(C(F)CC[C@@H]3CCN(CCCSc4nccn4C)C[C@@H]3CCC(=O)O)c2c1. The summed E-state index contributed by atoms with van der Waals surface area (Å²) in [5, 5.41) is 11.1. The minimum Gasteiger partial charge on any atom is -0.497 e. The number of carboxylic acids is 1. The molecule has 3 atom stereocenters. The smallest absolute Gasteiger partial charge is 0.303 e. The lowest BCUT2D eigenvalue weighted by Crippen LogP contribution is -2.41. The van der Waals surface area contributed by atoms with Crippen molar-refractivity contribution in [2.45, 2.75) is 49.9 Å². The number of carbonyl (C=O) groups is 1. The van der Waals surface area contributed by atoms with Crippen LogP contribution in [-0.4, -0.2) is 63.0 Å². The van der Waals surface area contributed by atoms with Crippen LogP contribution in [0, 0.1) is 11.8 Å². The number of aliphatic carboxylic acids is 1. The number of halogens is 1. The van der Waals surface area contributed by atoms with Crippen molar-refractivity contribution in [1.82, 2.24) is 19.4 Å². The topological polar surface area (TPSA) is 80.5 Å². The summed E-state index contributed by atoms with van der Waals surface area (Å²) < 4.78 is 22.9. The highest BCUT2D eigenvalue weighted by Gasteiger charge is 2.30. The maximum atomic E-state index is 15.5. The number of pyridine rings is 1. The first-order valence-electron chi connectivity index (χ1n) is 13.1. The van der Waals surface area contributed by atoms with Gasteiger partial charge in [0.2, 0.25) is 0 Å². The van der Waals surface area contributed by atoms with Crippen molar-refractivity contribution in [1.29, 1.82) is 0 Å². The minimum atomic E-state index is -1.10. The molecule has 3 heterocycles. The number of ether oxygens (including phenoxy) is 1. The van der Waals surface area contributed by atoms with Crippen molar-refractivity contribution in [2.75, 3.05) is 32.5 Å². The number of piperidine rings is 1. The van der Waals surface area contributed by atoms with E-state index >= 15 is 4.39 Å². The molecule has 0 bridgehead atoms. The highest BCUT2D eigenvalue weighted by atomic mass is 32.2. The van der Waals surface area contributed by atoms with E-state index in [-0.39, 0.29) is 12.3 Å². The number of rotatable bonds is 13. The van der Waals surface area contributed by atoms with Crippen molar-refractivity contribution in [3.05, 3.63) is 48.4 Å². The van der Waals surface area contributed by atoms with E-state index in [1.54, 1.807) is 31.1 Å². The summed E-state index contributed by atoms with van der Waals surface area (Å²) in [5.74, 6) is 1.53. The molecule has 1 aliphatic rings. The highest BCUT2D eigenvalue weighted by Crippen LogP contribution is 2.36. The maximum Gasteiger partial charge on any atom is 0.303 e. The van der Waals surface area contributed by atoms with Crippen molar-refractivity contribution in [3.8, 4) is 5.75 Å². The van der Waals surface area contributed by atoms with Gasteiger partial charge in [-0.25, -0.2) is 9.37 Å². The van der Waals surface area contributed by atoms with E-state index in [0.29, 0.717) is 30.1 Å². The number of hydrogen-bond acceptors (Lipinski definition) is 6. The van der Waals surface area contributed by atoms with Gasteiger partial charge in [-0.2, -0.15) is 0 Å². The van der Waals surface area contributed by atoms with E-state index in [2.05, 4.69) is 14.9 Å². The van der Waals surface area contributed by atoms with Gasteiger partial charge >= 0.3 is 5.97 Å². The average Bonchev–Trinajstić information content (AvgIpc) is 3.32. The van der Waals surface area contributed by atoms with Crippen molar-refractivity contribution in [3.63, 3.8) is 0 Å². The molecule has 4 rings (SSSR count). The van der Waals surface area contributed by atoms with Gasteiger partial charge in [0.05, 0.1) is 12.6 Å². The largest absolute Gasteiger partial charge is 0.497 e. The Morgan fingerprint density at radius 3 is 2.86 bits per heavy atom. The number of methoxy groups -OCH3 is 1. The van der Waals surface area contributed by atoms with Crippen LogP contribution in [0.5, 0.6) is 5.75 Å². The second-order valence-electron chi connectivity index (χ2n) is 9.89. The third kappa shape index (κ3) is 7.45. The molecule has 0 radical (unpaired) electrons. The van der Waals surface area contributed by atoms with Crippen LogP contribution in [0.1, 0.15) is 50.3 Å². The van der Waals surface area contributed by atoms with E-state index in [1.807, 2.05) is 42.2 Å². The Hall–Kier alpha value is -2.65. The molecule has 1 N–H and O–H groups in total. The van der Waals surface area contributed by atoms with Gasteiger partial charge in [-0.05, 0) is 86.9 Å². The van der Waals surface area contributed by atoms with Crippen molar-refractivity contribution >= 4 is 28.6 Å². The molecule has 1 saturated heterocycles. The molecule has 1 fully saturated rings. The fourth-order valence-corrected chi connectivity index (χ4v) is 6.24. The Kier molecular flexibility index (Phi) is 9.80. The van der Waals surface area contributed by atoms with Crippen LogP contribution in [-0.2, 0) is 11.8 Å². The van der Waals surface area contributed by atoms with E-state index in [4.69, 9.17) is 4.74 Å². The zero-order valence-corrected chi connectivity index (χ0v) is 22.5. The van der Waals surface area contributed by atoms with Crippen LogP contribution in [0.2, 0.25) is 0 Å². The van der Waals surface area contributed by atoms with Crippen LogP contribution in [0.25, 0.3) is 10.9 Å². The zero-order valence-electron chi connectivity index (χ0n) is 21.7. The van der Waals surface area contributed by atoms with Gasteiger partial charge in [-0.15, -0.1) is 0 Å². The number of aromatic nitrogens is 3. The molecule has 0 amide bonds. The first-order valence-corrected chi connectivity index (χ1v) is 14.0. The van der Waals surface area contributed by atoms with Crippen LogP contribution in [0.4, 0.5) is 4.39 Å². The number of aryl methyl sites for hydroxylation is 1. The normalized spacial score (nSPS) is 19.2. The van der Waals surface area contributed by atoms with Gasteiger partial charge in [0.25, 0.3) is 0 Å². The maximum absolute atomic E-state index is 15.5. The fraction of sp³-hybridized carbons (Fsp3) is 0.536. The first kappa shape index (κ1) is 27.4. The summed E-state index contributed by atoms with van der Waals surface area (Å²) in [4.78, 5) is 22.5. The third-order valence-electron chi connectivity index (χ3n) is 7.44. The number of thioether (sulfide) groups is 1. The summed E-state index contributed by atoms with van der Waals surface area (Å²) in [6.45, 7) is 2.86. The predicted molar refractivity (Wildman–Crippen MR) is 145 cm³/mol. The Labute approximate surface area is 222 Å². The number of nitrogens with zero attached hydrogens (tertiary/aromatic N) is 4. The van der Waals surface area contributed by atoms with Crippen LogP contribution >= 0.6 is 11.8 Å². The summed E-state index contributed by atoms with van der Waals surface area (Å²) in [6, 6.07) is 7.31. The zero-order chi connectivity index (χ0) is 26.2. The summed E-state index contributed by atoms with van der Waals surface area (Å²) in [6.07, 6.45) is 8.35. The standard InChI is InChI=1S/C28H37FN4O3S/c1-32-16-13-31-28(32)37-17-3-14-33-15-11-20(21(19-33)5-9-27(34)35)4-7-25(29)23-10-12-30-26-8-6-22(36-2)18-24(23)26/h6,8,10,12-13,16,18,20-21,25H,3-5,7,9,11,14-15,17,19H2,1-2H3,(H,34,35)/t20-,21+,25?/m1/s1. The van der Waals surface area contributed by atoms with Gasteiger partial charge in [0.15, 0.2) is 5.16 Å². The monoisotopic (exact) mass is 528 g/mol. The van der Waals surface area contributed by atoms with Crippen LogP contribution in [0.15, 0.2) is 48.0 Å². The number of benzene rings is 1. The Bertz CT molecular complexity index is 1170. The molecule has 0 spiro atoms. The molecule has 0 aliphatic carbocycles. The lowest BCUT2D eigenvalue weighted by Gasteiger charge is -2.39. The fourth-order valence-electron chi connectivity index (χ4n) is 5.38. The molecule has 0 saturated carbocycles. The number of likely N-dealkylation sites (tertiary alicyclic amines) is 1. The minimum absolute atomic E-state index is 0.165. The van der Waals surface area contributed by atoms with E-state index in [9.17, 15) is 9.90 Å². The molecule has 200 valence electrons. The third-order valence-corrected chi connectivity index (χ3v) is 8.59. The van der Waals surface area contributed by atoms with Gasteiger partial charge in [0.1, 0.15) is 11.9 Å². The second kappa shape index (κ2) is 13.2. The van der Waals surface area contributed by atoms with Crippen LogP contribution in [0.3, 0.4) is 0 Å². The molecule has 9 heteroatoms. The Morgan fingerprint density at radius 1 is 1.24 bits per heavy atom. The van der Waals surface area contributed by atoms with E-state index in [0.717, 1.165) is 60.7 Å². The lowest BCUT2D eigenvalue weighted by molar-refractivity contribution is -0.137. The molecule has 2 aromatic heterocycles. The second-order valence-corrected chi connectivity index (χ2v) is 11.0. The van der Waals surface area contributed by atoms with Gasteiger partial charge in [-0.3, -0.25) is 9.78 Å². The number of fused-ring (bicyclic) bond motifs is 1. The lowest BCUT2D eigenvalue weighted by atomic mass is 9.79. The summed E-state index contributed by atoms with van der Waals surface area (Å²) in [7, 11) is 3.61. The van der Waals surface area contributed by atoms with Gasteiger partial charge < -0.3 is 19.3 Å². The number of carboxylic acid groups (broad SMARTS) is 1. The molecular formula is C28H37FN4O3S. The molecule has 37 heavy (non-hydrogen) atoms.